The summed E-state index contributed by atoms with van der Waals surface area (Å²) in [7, 11) is 0. The van der Waals surface area contributed by atoms with E-state index in [1.54, 1.807) is 0 Å². The van der Waals surface area contributed by atoms with Crippen molar-refractivity contribution in [2.24, 2.45) is 0 Å². The standard InChI is InChI=1S/C12H13F2N/c1-12(2,3)8-6-15-11-5-10(14)9(13)4-7(8)11/h4-6,15H,1-3H3. The van der Waals surface area contributed by atoms with E-state index in [0.717, 1.165) is 10.9 Å². The van der Waals surface area contributed by atoms with Gasteiger partial charge >= 0.3 is 0 Å². The Balaban J connectivity index is 2.75. The third kappa shape index (κ3) is 1.62. The minimum Gasteiger partial charge on any atom is -0.361 e. The number of hydrogen-bond donors (Lipinski definition) is 1. The molecule has 0 atom stereocenters. The number of hydrogen-bond acceptors (Lipinski definition) is 0. The lowest BCUT2D eigenvalue weighted by atomic mass is 9.87. The van der Waals surface area contributed by atoms with Gasteiger partial charge in [0.25, 0.3) is 0 Å². The van der Waals surface area contributed by atoms with Crippen LogP contribution in [0, 0.1) is 11.6 Å². The zero-order chi connectivity index (χ0) is 11.2. The Morgan fingerprint density at radius 3 is 2.27 bits per heavy atom. The SMILES string of the molecule is CC(C)(C)c1c[nH]c2cc(F)c(F)cc12. The van der Waals surface area contributed by atoms with Gasteiger partial charge in [-0.15, -0.1) is 0 Å². The summed E-state index contributed by atoms with van der Waals surface area (Å²) in [6, 6.07) is 2.45. The number of H-pyrrole nitrogens is 1. The maximum atomic E-state index is 13.1. The van der Waals surface area contributed by atoms with Crippen molar-refractivity contribution >= 4 is 10.9 Å². The molecule has 0 aliphatic rings. The Morgan fingerprint density at radius 2 is 1.67 bits per heavy atom. The highest BCUT2D eigenvalue weighted by Crippen LogP contribution is 2.30. The minimum atomic E-state index is -0.815. The second-order valence-electron chi connectivity index (χ2n) is 4.76. The Morgan fingerprint density at radius 1 is 1.07 bits per heavy atom. The molecule has 0 unspecified atom stereocenters. The quantitative estimate of drug-likeness (QED) is 0.680. The molecule has 0 radical (unpaired) electrons. The number of halogens is 2. The number of benzene rings is 1. The number of aromatic nitrogens is 1. The van der Waals surface area contributed by atoms with E-state index in [-0.39, 0.29) is 5.41 Å². The molecule has 2 rings (SSSR count). The second-order valence-corrected chi connectivity index (χ2v) is 4.76. The molecule has 15 heavy (non-hydrogen) atoms. The summed E-state index contributed by atoms with van der Waals surface area (Å²) in [5.74, 6) is -1.61. The molecule has 3 heteroatoms. The van der Waals surface area contributed by atoms with Crippen LogP contribution in [0.1, 0.15) is 26.3 Å². The first kappa shape index (κ1) is 10.1. The van der Waals surface area contributed by atoms with Crippen molar-refractivity contribution in [3.63, 3.8) is 0 Å². The zero-order valence-electron chi connectivity index (χ0n) is 8.99. The Hall–Kier alpha value is -1.38. The predicted octanol–water partition coefficient (Wildman–Crippen LogP) is 3.74. The summed E-state index contributed by atoms with van der Waals surface area (Å²) in [6.45, 7) is 6.12. The summed E-state index contributed by atoms with van der Waals surface area (Å²) >= 11 is 0. The fourth-order valence-corrected chi connectivity index (χ4v) is 1.74. The molecule has 0 fully saturated rings. The van der Waals surface area contributed by atoms with Gasteiger partial charge in [0.05, 0.1) is 0 Å². The molecular formula is C12H13F2N. The maximum absolute atomic E-state index is 13.1. The normalized spacial score (nSPS) is 12.3. The summed E-state index contributed by atoms with van der Waals surface area (Å²) < 4.78 is 26.1. The van der Waals surface area contributed by atoms with E-state index in [0.29, 0.717) is 5.52 Å². The molecule has 0 amide bonds. The van der Waals surface area contributed by atoms with Crippen LogP contribution in [0.5, 0.6) is 0 Å². The number of nitrogens with one attached hydrogen (secondary N) is 1. The van der Waals surface area contributed by atoms with E-state index in [2.05, 4.69) is 4.98 Å². The van der Waals surface area contributed by atoms with Crippen LogP contribution in [0.15, 0.2) is 18.3 Å². The van der Waals surface area contributed by atoms with Gasteiger partial charge in [-0.2, -0.15) is 0 Å². The number of rotatable bonds is 0. The van der Waals surface area contributed by atoms with Crippen LogP contribution in [0.3, 0.4) is 0 Å². The van der Waals surface area contributed by atoms with E-state index < -0.39 is 11.6 Å². The zero-order valence-corrected chi connectivity index (χ0v) is 8.99. The first-order chi connectivity index (χ1) is 6.89. The molecule has 0 aliphatic heterocycles. The average Bonchev–Trinajstić information content (AvgIpc) is 2.47. The topological polar surface area (TPSA) is 15.8 Å². The molecule has 0 bridgehead atoms. The van der Waals surface area contributed by atoms with Crippen LogP contribution in [-0.4, -0.2) is 4.98 Å². The van der Waals surface area contributed by atoms with Crippen molar-refractivity contribution in [3.8, 4) is 0 Å². The third-order valence-corrected chi connectivity index (χ3v) is 2.53. The molecule has 1 nitrogen and oxygen atoms in total. The van der Waals surface area contributed by atoms with Crippen LogP contribution in [0.2, 0.25) is 0 Å². The summed E-state index contributed by atoms with van der Waals surface area (Å²) in [5, 5.41) is 0.751. The van der Waals surface area contributed by atoms with E-state index in [4.69, 9.17) is 0 Å². The first-order valence-electron chi connectivity index (χ1n) is 4.86. The van der Waals surface area contributed by atoms with E-state index in [9.17, 15) is 8.78 Å². The predicted molar refractivity (Wildman–Crippen MR) is 56.9 cm³/mol. The van der Waals surface area contributed by atoms with Gasteiger partial charge in [0, 0.05) is 23.2 Å². The molecule has 1 heterocycles. The lowest BCUT2D eigenvalue weighted by Gasteiger charge is -2.17. The average molecular weight is 209 g/mol. The lowest BCUT2D eigenvalue weighted by Crippen LogP contribution is -2.10. The highest BCUT2D eigenvalue weighted by atomic mass is 19.2. The molecule has 0 aliphatic carbocycles. The molecule has 0 saturated heterocycles. The minimum absolute atomic E-state index is 0.0808. The van der Waals surface area contributed by atoms with Gasteiger partial charge in [0.15, 0.2) is 11.6 Å². The Kier molecular flexibility index (Phi) is 2.07. The van der Waals surface area contributed by atoms with Gasteiger partial charge in [-0.25, -0.2) is 8.78 Å². The van der Waals surface area contributed by atoms with Crippen LogP contribution >= 0.6 is 0 Å². The number of fused-ring (bicyclic) bond motifs is 1. The largest absolute Gasteiger partial charge is 0.361 e. The van der Waals surface area contributed by atoms with Crippen LogP contribution in [-0.2, 0) is 5.41 Å². The lowest BCUT2D eigenvalue weighted by molar-refractivity contribution is 0.510. The first-order valence-corrected chi connectivity index (χ1v) is 4.86. The van der Waals surface area contributed by atoms with Crippen molar-refractivity contribution in [2.45, 2.75) is 26.2 Å². The van der Waals surface area contributed by atoms with Crippen molar-refractivity contribution in [2.75, 3.05) is 0 Å². The molecule has 1 aromatic carbocycles. The van der Waals surface area contributed by atoms with Gasteiger partial charge in [-0.05, 0) is 17.0 Å². The van der Waals surface area contributed by atoms with Gasteiger partial charge < -0.3 is 4.98 Å². The molecule has 1 aromatic heterocycles. The van der Waals surface area contributed by atoms with Crippen LogP contribution < -0.4 is 0 Å². The Bertz CT molecular complexity index is 506. The third-order valence-electron chi connectivity index (χ3n) is 2.53. The smallest absolute Gasteiger partial charge is 0.160 e. The summed E-state index contributed by atoms with van der Waals surface area (Å²) in [4.78, 5) is 2.96. The van der Waals surface area contributed by atoms with Crippen molar-refractivity contribution in [1.82, 2.24) is 4.98 Å². The maximum Gasteiger partial charge on any atom is 0.160 e. The highest BCUT2D eigenvalue weighted by Gasteiger charge is 2.19. The molecule has 2 aromatic rings. The molecular weight excluding hydrogens is 196 g/mol. The monoisotopic (exact) mass is 209 g/mol. The molecule has 80 valence electrons. The van der Waals surface area contributed by atoms with Crippen molar-refractivity contribution in [1.29, 1.82) is 0 Å². The van der Waals surface area contributed by atoms with Gasteiger partial charge in [-0.1, -0.05) is 20.8 Å². The number of aromatic amines is 1. The van der Waals surface area contributed by atoms with Crippen LogP contribution in [0.25, 0.3) is 10.9 Å². The summed E-state index contributed by atoms with van der Waals surface area (Å²) in [6.07, 6.45) is 1.81. The van der Waals surface area contributed by atoms with Gasteiger partial charge in [-0.3, -0.25) is 0 Å². The van der Waals surface area contributed by atoms with E-state index in [1.807, 2.05) is 27.0 Å². The second kappa shape index (κ2) is 3.05. The van der Waals surface area contributed by atoms with Crippen molar-refractivity contribution in [3.05, 3.63) is 35.5 Å². The fraction of sp³-hybridized carbons (Fsp3) is 0.333. The molecule has 1 N–H and O–H groups in total. The highest BCUT2D eigenvalue weighted by molar-refractivity contribution is 5.84. The van der Waals surface area contributed by atoms with Crippen LogP contribution in [0.4, 0.5) is 8.78 Å². The van der Waals surface area contributed by atoms with Gasteiger partial charge in [0.1, 0.15) is 0 Å². The Labute approximate surface area is 87.1 Å². The van der Waals surface area contributed by atoms with E-state index in [1.165, 1.54) is 12.1 Å². The molecule has 0 saturated carbocycles. The van der Waals surface area contributed by atoms with Crippen molar-refractivity contribution < 1.29 is 8.78 Å². The summed E-state index contributed by atoms with van der Waals surface area (Å²) in [5.41, 5.74) is 1.55. The fourth-order valence-electron chi connectivity index (χ4n) is 1.74. The molecule has 0 spiro atoms. The van der Waals surface area contributed by atoms with Gasteiger partial charge in [0.2, 0.25) is 0 Å². The van der Waals surface area contributed by atoms with E-state index >= 15 is 0 Å².